The van der Waals surface area contributed by atoms with Crippen molar-refractivity contribution in [2.45, 2.75) is 25.8 Å². The van der Waals surface area contributed by atoms with Crippen LogP contribution in [0.2, 0.25) is 0 Å². The van der Waals surface area contributed by atoms with Gasteiger partial charge in [0.05, 0.1) is 5.56 Å². The van der Waals surface area contributed by atoms with E-state index in [0.717, 1.165) is 24.0 Å². The number of halogens is 2. The molecule has 0 aliphatic heterocycles. The molecule has 0 fully saturated rings. The molecule has 19 heavy (non-hydrogen) atoms. The van der Waals surface area contributed by atoms with Gasteiger partial charge >= 0.3 is 0 Å². The van der Waals surface area contributed by atoms with E-state index in [2.05, 4.69) is 0 Å². The molecule has 98 valence electrons. The van der Waals surface area contributed by atoms with Crippen molar-refractivity contribution in [3.05, 3.63) is 58.7 Å². The van der Waals surface area contributed by atoms with Crippen LogP contribution >= 0.6 is 0 Å². The first-order chi connectivity index (χ1) is 9.09. The second-order valence-electron chi connectivity index (χ2n) is 5.07. The molecule has 1 atom stereocenters. The molecule has 3 heteroatoms. The quantitative estimate of drug-likeness (QED) is 0.826. The second-order valence-corrected chi connectivity index (χ2v) is 5.07. The maximum atomic E-state index is 14.2. The number of aryl methyl sites for hydroxylation is 1. The zero-order valence-electron chi connectivity index (χ0n) is 10.7. The summed E-state index contributed by atoms with van der Waals surface area (Å²) in [4.78, 5) is 0. The Morgan fingerprint density at radius 3 is 2.74 bits per heavy atom. The fourth-order valence-corrected chi connectivity index (χ4v) is 2.82. The molecule has 2 aromatic rings. The summed E-state index contributed by atoms with van der Waals surface area (Å²) in [6.45, 7) is 1.65. The van der Waals surface area contributed by atoms with Crippen molar-refractivity contribution in [3.8, 4) is 11.1 Å². The van der Waals surface area contributed by atoms with Gasteiger partial charge in [-0.25, -0.2) is 8.78 Å². The lowest BCUT2D eigenvalue weighted by molar-refractivity contribution is 0.583. The predicted molar refractivity (Wildman–Crippen MR) is 71.8 cm³/mol. The van der Waals surface area contributed by atoms with Gasteiger partial charge in [-0.3, -0.25) is 0 Å². The largest absolute Gasteiger partial charge is 0.324 e. The molecule has 1 nitrogen and oxygen atoms in total. The third-order valence-electron chi connectivity index (χ3n) is 3.87. The number of rotatable bonds is 1. The van der Waals surface area contributed by atoms with Crippen molar-refractivity contribution in [3.63, 3.8) is 0 Å². The highest BCUT2D eigenvalue weighted by molar-refractivity contribution is 5.71. The van der Waals surface area contributed by atoms with Crippen molar-refractivity contribution in [2.24, 2.45) is 5.73 Å². The number of benzene rings is 2. The molecule has 0 bridgehead atoms. The van der Waals surface area contributed by atoms with Crippen LogP contribution in [0.15, 0.2) is 30.3 Å². The molecule has 0 saturated heterocycles. The first-order valence-corrected chi connectivity index (χ1v) is 6.42. The Hall–Kier alpha value is -1.74. The van der Waals surface area contributed by atoms with Crippen LogP contribution < -0.4 is 5.73 Å². The summed E-state index contributed by atoms with van der Waals surface area (Å²) in [5.41, 5.74) is 9.18. The Balaban J connectivity index is 2.28. The summed E-state index contributed by atoms with van der Waals surface area (Å²) in [5.74, 6) is -0.995. The molecule has 1 aliphatic carbocycles. The topological polar surface area (TPSA) is 26.0 Å². The maximum Gasteiger partial charge on any atom is 0.136 e. The molecule has 2 aromatic carbocycles. The van der Waals surface area contributed by atoms with Crippen LogP contribution in [0.5, 0.6) is 0 Å². The molecule has 0 aromatic heterocycles. The zero-order chi connectivity index (χ0) is 13.6. The van der Waals surface area contributed by atoms with Gasteiger partial charge in [-0.15, -0.1) is 0 Å². The Kier molecular flexibility index (Phi) is 2.86. The lowest BCUT2D eigenvalue weighted by atomic mass is 9.94. The van der Waals surface area contributed by atoms with Gasteiger partial charge in [0.15, 0.2) is 0 Å². The van der Waals surface area contributed by atoms with E-state index < -0.39 is 11.6 Å². The fourth-order valence-electron chi connectivity index (χ4n) is 2.82. The van der Waals surface area contributed by atoms with E-state index in [1.807, 2.05) is 12.1 Å². The van der Waals surface area contributed by atoms with Gasteiger partial charge in [-0.2, -0.15) is 0 Å². The SMILES string of the molecule is Cc1ccc(F)c(-c2cccc3c2CCC3N)c1F. The highest BCUT2D eigenvalue weighted by Gasteiger charge is 2.24. The third-order valence-corrected chi connectivity index (χ3v) is 3.87. The van der Waals surface area contributed by atoms with Crippen LogP contribution in [-0.4, -0.2) is 0 Å². The van der Waals surface area contributed by atoms with Gasteiger partial charge < -0.3 is 5.73 Å². The van der Waals surface area contributed by atoms with Gasteiger partial charge in [-0.1, -0.05) is 24.3 Å². The lowest BCUT2D eigenvalue weighted by Crippen LogP contribution is -2.05. The van der Waals surface area contributed by atoms with Crippen LogP contribution in [0.4, 0.5) is 8.78 Å². The van der Waals surface area contributed by atoms with Crippen LogP contribution in [0.3, 0.4) is 0 Å². The summed E-state index contributed by atoms with van der Waals surface area (Å²) in [5, 5.41) is 0. The number of hydrogen-bond donors (Lipinski definition) is 1. The Morgan fingerprint density at radius 1 is 1.16 bits per heavy atom. The van der Waals surface area contributed by atoms with E-state index in [-0.39, 0.29) is 11.6 Å². The third kappa shape index (κ3) is 1.85. The van der Waals surface area contributed by atoms with Gasteiger partial charge in [-0.05, 0) is 48.1 Å². The summed E-state index contributed by atoms with van der Waals surface area (Å²) in [6, 6.07) is 8.30. The maximum absolute atomic E-state index is 14.2. The van der Waals surface area contributed by atoms with E-state index in [0.29, 0.717) is 11.1 Å². The van der Waals surface area contributed by atoms with Gasteiger partial charge in [0, 0.05) is 6.04 Å². The smallest absolute Gasteiger partial charge is 0.136 e. The van der Waals surface area contributed by atoms with Crippen LogP contribution in [0.1, 0.15) is 29.2 Å². The summed E-state index contributed by atoms with van der Waals surface area (Å²) in [6.07, 6.45) is 1.61. The van der Waals surface area contributed by atoms with Gasteiger partial charge in [0.1, 0.15) is 11.6 Å². The van der Waals surface area contributed by atoms with Crippen molar-refractivity contribution in [1.29, 1.82) is 0 Å². The molecule has 1 unspecified atom stereocenters. The monoisotopic (exact) mass is 259 g/mol. The summed E-state index contributed by atoms with van der Waals surface area (Å²) >= 11 is 0. The van der Waals surface area contributed by atoms with E-state index in [1.54, 1.807) is 13.0 Å². The Bertz CT molecular complexity index is 649. The molecular weight excluding hydrogens is 244 g/mol. The van der Waals surface area contributed by atoms with E-state index in [4.69, 9.17) is 5.73 Å². The highest BCUT2D eigenvalue weighted by Crippen LogP contribution is 2.38. The minimum Gasteiger partial charge on any atom is -0.324 e. The number of hydrogen-bond acceptors (Lipinski definition) is 1. The van der Waals surface area contributed by atoms with Crippen molar-refractivity contribution >= 4 is 0 Å². The first-order valence-electron chi connectivity index (χ1n) is 6.42. The van der Waals surface area contributed by atoms with Crippen molar-refractivity contribution in [1.82, 2.24) is 0 Å². The molecule has 0 saturated carbocycles. The predicted octanol–water partition coefficient (Wildman–Crippen LogP) is 3.89. The molecule has 0 amide bonds. The van der Waals surface area contributed by atoms with Gasteiger partial charge in [0.25, 0.3) is 0 Å². The van der Waals surface area contributed by atoms with E-state index in [1.165, 1.54) is 12.1 Å². The molecule has 1 aliphatic rings. The first kappa shape index (κ1) is 12.3. The normalized spacial score (nSPS) is 17.6. The molecular formula is C16H15F2N. The molecule has 0 radical (unpaired) electrons. The Morgan fingerprint density at radius 2 is 1.95 bits per heavy atom. The average molecular weight is 259 g/mol. The molecule has 0 spiro atoms. The molecule has 2 N–H and O–H groups in total. The minimum atomic E-state index is -0.517. The Labute approximate surface area is 111 Å². The fraction of sp³-hybridized carbons (Fsp3) is 0.250. The van der Waals surface area contributed by atoms with E-state index in [9.17, 15) is 8.78 Å². The number of nitrogens with two attached hydrogens (primary N) is 1. The average Bonchev–Trinajstić information content (AvgIpc) is 2.78. The van der Waals surface area contributed by atoms with Crippen LogP contribution in [0, 0.1) is 18.6 Å². The number of fused-ring (bicyclic) bond motifs is 1. The summed E-state index contributed by atoms with van der Waals surface area (Å²) in [7, 11) is 0. The molecule has 3 rings (SSSR count). The minimum absolute atomic E-state index is 0.0223. The van der Waals surface area contributed by atoms with Crippen LogP contribution in [0.25, 0.3) is 11.1 Å². The lowest BCUT2D eigenvalue weighted by Gasteiger charge is -2.12. The van der Waals surface area contributed by atoms with E-state index >= 15 is 0 Å². The zero-order valence-corrected chi connectivity index (χ0v) is 10.7. The summed E-state index contributed by atoms with van der Waals surface area (Å²) < 4.78 is 28.3. The highest BCUT2D eigenvalue weighted by atomic mass is 19.1. The van der Waals surface area contributed by atoms with Gasteiger partial charge in [0.2, 0.25) is 0 Å². The van der Waals surface area contributed by atoms with Crippen molar-refractivity contribution < 1.29 is 8.78 Å². The second kappa shape index (κ2) is 4.42. The van der Waals surface area contributed by atoms with Crippen molar-refractivity contribution in [2.75, 3.05) is 0 Å². The van der Waals surface area contributed by atoms with Crippen LogP contribution in [-0.2, 0) is 6.42 Å². The standard InChI is InChI=1S/C16H15F2N/c1-9-5-7-13(17)15(16(9)18)12-4-2-3-11-10(12)6-8-14(11)19/h2-5,7,14H,6,8,19H2,1H3. The molecule has 0 heterocycles.